The Morgan fingerprint density at radius 3 is 3.23 bits per heavy atom. The molecule has 13 heavy (non-hydrogen) atoms. The highest BCUT2D eigenvalue weighted by atomic mass is 16.7. The maximum Gasteiger partial charge on any atom is 0.158 e. The van der Waals surface area contributed by atoms with Gasteiger partial charge in [0.2, 0.25) is 0 Å². The highest BCUT2D eigenvalue weighted by Gasteiger charge is 2.04. The predicted molar refractivity (Wildman–Crippen MR) is 46.1 cm³/mol. The number of fused-ring (bicyclic) bond motifs is 1. The molecule has 70 valence electrons. The molecule has 3 N–H and O–H groups in total. The number of hydrogen-bond donors (Lipinski definition) is 2. The van der Waals surface area contributed by atoms with Crippen molar-refractivity contribution in [2.45, 2.75) is 0 Å². The number of aliphatic hydroxyl groups excluding tert-OH is 1. The molecule has 0 bridgehead atoms. The van der Waals surface area contributed by atoms with Gasteiger partial charge in [0.1, 0.15) is 12.4 Å². The van der Waals surface area contributed by atoms with E-state index in [2.05, 4.69) is 4.98 Å². The number of anilines is 1. The summed E-state index contributed by atoms with van der Waals surface area (Å²) in [6.45, 7) is 0.190. The van der Waals surface area contributed by atoms with E-state index in [1.165, 1.54) is 4.85 Å². The Bertz CT molecular complexity index is 405. The van der Waals surface area contributed by atoms with Crippen molar-refractivity contribution in [2.24, 2.45) is 0 Å². The summed E-state index contributed by atoms with van der Waals surface area (Å²) in [5.74, 6) is 0.498. The van der Waals surface area contributed by atoms with Gasteiger partial charge in [0.15, 0.2) is 5.65 Å². The second-order valence-electron chi connectivity index (χ2n) is 2.53. The van der Waals surface area contributed by atoms with Crippen molar-refractivity contribution in [1.82, 2.24) is 14.3 Å². The molecule has 0 atom stereocenters. The second kappa shape index (κ2) is 2.98. The molecule has 2 heterocycles. The fraction of sp³-hybridized carbons (Fsp3) is 0.286. The van der Waals surface area contributed by atoms with Gasteiger partial charge in [-0.15, -0.1) is 4.85 Å². The Labute approximate surface area is 74.1 Å². The van der Waals surface area contributed by atoms with Gasteiger partial charge < -0.3 is 15.7 Å². The lowest BCUT2D eigenvalue weighted by Gasteiger charge is -2.06. The van der Waals surface area contributed by atoms with Crippen LogP contribution in [-0.2, 0) is 0 Å². The minimum Gasteiger partial charge on any atom is -0.396 e. The lowest BCUT2D eigenvalue weighted by atomic mass is 10.7. The van der Waals surface area contributed by atoms with Crippen LogP contribution in [0.2, 0.25) is 0 Å². The van der Waals surface area contributed by atoms with Crippen molar-refractivity contribution >= 4 is 11.5 Å². The molecule has 0 aliphatic carbocycles. The third kappa shape index (κ3) is 1.20. The van der Waals surface area contributed by atoms with E-state index in [1.807, 2.05) is 0 Å². The Hall–Kier alpha value is -1.69. The molecule has 0 saturated carbocycles. The molecule has 0 aliphatic heterocycles. The number of hydrogen-bond acceptors (Lipinski definition) is 4. The highest BCUT2D eigenvalue weighted by molar-refractivity contribution is 5.45. The van der Waals surface area contributed by atoms with Gasteiger partial charge in [0.05, 0.1) is 19.0 Å². The van der Waals surface area contributed by atoms with Gasteiger partial charge in [0, 0.05) is 6.07 Å². The van der Waals surface area contributed by atoms with Crippen LogP contribution in [0.25, 0.3) is 5.65 Å². The van der Waals surface area contributed by atoms with Gasteiger partial charge in [-0.3, -0.25) is 0 Å². The van der Waals surface area contributed by atoms with Crippen LogP contribution in [0.5, 0.6) is 0 Å². The van der Waals surface area contributed by atoms with Crippen LogP contribution < -0.4 is 10.6 Å². The molecule has 6 nitrogen and oxygen atoms in total. The van der Waals surface area contributed by atoms with E-state index < -0.39 is 0 Å². The van der Waals surface area contributed by atoms with Crippen LogP contribution in [0.15, 0.2) is 18.5 Å². The van der Waals surface area contributed by atoms with Crippen molar-refractivity contribution in [3.8, 4) is 0 Å². The SMILES string of the molecule is Nc1cnc2ccn(OCCO)n12. The van der Waals surface area contributed by atoms with Crippen molar-refractivity contribution in [2.75, 3.05) is 18.9 Å². The van der Waals surface area contributed by atoms with E-state index in [1.54, 1.807) is 23.0 Å². The fourth-order valence-electron chi connectivity index (χ4n) is 1.13. The van der Waals surface area contributed by atoms with E-state index in [0.29, 0.717) is 5.82 Å². The summed E-state index contributed by atoms with van der Waals surface area (Å²) in [5.41, 5.74) is 6.35. The third-order valence-electron chi connectivity index (χ3n) is 1.65. The summed E-state index contributed by atoms with van der Waals surface area (Å²) < 4.78 is 1.61. The normalized spacial score (nSPS) is 10.8. The summed E-state index contributed by atoms with van der Waals surface area (Å²) >= 11 is 0. The van der Waals surface area contributed by atoms with Crippen LogP contribution >= 0.6 is 0 Å². The Morgan fingerprint density at radius 2 is 2.46 bits per heavy atom. The molecular formula is C7H10N4O2. The number of nitrogens with zero attached hydrogens (tertiary/aromatic N) is 3. The van der Waals surface area contributed by atoms with Crippen molar-refractivity contribution < 1.29 is 9.94 Å². The van der Waals surface area contributed by atoms with E-state index >= 15 is 0 Å². The Kier molecular flexibility index (Phi) is 1.82. The fourth-order valence-corrected chi connectivity index (χ4v) is 1.13. The Morgan fingerprint density at radius 1 is 1.62 bits per heavy atom. The number of nitrogen functional groups attached to an aromatic ring is 1. The predicted octanol–water partition coefficient (Wildman–Crippen LogP) is -0.861. The summed E-state index contributed by atoms with van der Waals surface area (Å²) in [4.78, 5) is 10.6. The first-order chi connectivity index (χ1) is 6.33. The molecule has 0 spiro atoms. The van der Waals surface area contributed by atoms with Gasteiger partial charge >= 0.3 is 0 Å². The standard InChI is InChI=1S/C7H10N4O2/c8-6-5-9-7-1-2-10(11(6)7)13-4-3-12/h1-2,5,12H,3-4,8H2. The molecule has 0 fully saturated rings. The van der Waals surface area contributed by atoms with Gasteiger partial charge in [0.25, 0.3) is 0 Å². The quantitative estimate of drug-likeness (QED) is 0.647. The lowest BCUT2D eigenvalue weighted by molar-refractivity contribution is 0.0483. The van der Waals surface area contributed by atoms with E-state index in [9.17, 15) is 0 Å². The smallest absolute Gasteiger partial charge is 0.158 e. The van der Waals surface area contributed by atoms with Crippen LogP contribution in [0, 0.1) is 0 Å². The zero-order chi connectivity index (χ0) is 9.26. The largest absolute Gasteiger partial charge is 0.396 e. The van der Waals surface area contributed by atoms with Crippen LogP contribution in [0.1, 0.15) is 0 Å². The molecule has 0 aliphatic rings. The zero-order valence-electron chi connectivity index (χ0n) is 6.92. The number of imidazole rings is 1. The van der Waals surface area contributed by atoms with Crippen molar-refractivity contribution in [1.29, 1.82) is 0 Å². The van der Waals surface area contributed by atoms with Crippen LogP contribution in [-0.4, -0.2) is 32.7 Å². The monoisotopic (exact) mass is 182 g/mol. The molecule has 2 rings (SSSR count). The zero-order valence-corrected chi connectivity index (χ0v) is 6.92. The number of nitrogens with two attached hydrogens (primary N) is 1. The summed E-state index contributed by atoms with van der Waals surface area (Å²) in [7, 11) is 0. The molecule has 0 saturated heterocycles. The average Bonchev–Trinajstić information content (AvgIpc) is 2.67. The average molecular weight is 182 g/mol. The Balaban J connectivity index is 2.38. The molecule has 0 aromatic carbocycles. The third-order valence-corrected chi connectivity index (χ3v) is 1.65. The molecule has 0 unspecified atom stereocenters. The number of rotatable bonds is 3. The van der Waals surface area contributed by atoms with Crippen molar-refractivity contribution in [3.63, 3.8) is 0 Å². The van der Waals surface area contributed by atoms with Gasteiger partial charge in [-0.25, -0.2) is 4.98 Å². The highest BCUT2D eigenvalue weighted by Crippen LogP contribution is 2.07. The second-order valence-corrected chi connectivity index (χ2v) is 2.53. The van der Waals surface area contributed by atoms with Crippen LogP contribution in [0.3, 0.4) is 0 Å². The summed E-state index contributed by atoms with van der Waals surface area (Å²) in [5, 5.41) is 8.56. The first kappa shape index (κ1) is 7.93. The summed E-state index contributed by atoms with van der Waals surface area (Å²) in [6.07, 6.45) is 3.24. The minimum atomic E-state index is -0.0335. The van der Waals surface area contributed by atoms with E-state index in [-0.39, 0.29) is 13.2 Å². The van der Waals surface area contributed by atoms with Gasteiger partial charge in [-0.05, 0) is 0 Å². The molecular weight excluding hydrogens is 172 g/mol. The minimum absolute atomic E-state index is 0.0335. The molecule has 0 amide bonds. The maximum absolute atomic E-state index is 8.56. The van der Waals surface area contributed by atoms with Gasteiger partial charge in [-0.2, -0.15) is 4.52 Å². The molecule has 2 aromatic heterocycles. The van der Waals surface area contributed by atoms with E-state index in [4.69, 9.17) is 15.7 Å². The molecule has 0 radical (unpaired) electrons. The summed E-state index contributed by atoms with van der Waals surface area (Å²) in [6, 6.07) is 1.77. The number of aliphatic hydroxyl groups is 1. The van der Waals surface area contributed by atoms with E-state index in [0.717, 1.165) is 5.65 Å². The topological polar surface area (TPSA) is 77.7 Å². The number of aromatic nitrogens is 3. The first-order valence-corrected chi connectivity index (χ1v) is 3.87. The lowest BCUT2D eigenvalue weighted by Crippen LogP contribution is -2.19. The first-order valence-electron chi connectivity index (χ1n) is 3.87. The molecule has 6 heteroatoms. The maximum atomic E-state index is 8.56. The van der Waals surface area contributed by atoms with Crippen LogP contribution in [0.4, 0.5) is 5.82 Å². The molecule has 2 aromatic rings. The van der Waals surface area contributed by atoms with Gasteiger partial charge in [-0.1, -0.05) is 0 Å². The van der Waals surface area contributed by atoms with Crippen molar-refractivity contribution in [3.05, 3.63) is 18.5 Å².